The Balaban J connectivity index is 1.73. The molecule has 0 aromatic carbocycles. The highest BCUT2D eigenvalue weighted by Crippen LogP contribution is 2.59. The minimum Gasteiger partial charge on any atom is -0.369 e. The monoisotopic (exact) mass is 268 g/mol. The molecule has 2 N–H and O–H groups in total. The van der Waals surface area contributed by atoms with E-state index in [1.165, 1.54) is 44.0 Å². The van der Waals surface area contributed by atoms with Gasteiger partial charge in [0.05, 0.1) is 11.7 Å². The van der Waals surface area contributed by atoms with Crippen LogP contribution in [0.15, 0.2) is 18.5 Å². The zero-order chi connectivity index (χ0) is 13.3. The molecule has 4 nitrogen and oxygen atoms in total. The van der Waals surface area contributed by atoms with Gasteiger partial charge in [-0.3, -0.25) is 4.98 Å². The number of hydrogen-bond donors (Lipinski definition) is 1. The zero-order valence-corrected chi connectivity index (χ0v) is 11.6. The molecule has 0 aliphatic heterocycles. The molecular formula is C16H20N4. The number of nitrogen functional groups attached to an aromatic ring is 1. The molecule has 20 heavy (non-hydrogen) atoms. The van der Waals surface area contributed by atoms with E-state index >= 15 is 0 Å². The van der Waals surface area contributed by atoms with Gasteiger partial charge in [0, 0.05) is 11.7 Å². The largest absolute Gasteiger partial charge is 0.369 e. The summed E-state index contributed by atoms with van der Waals surface area (Å²) in [6.45, 7) is 0. The normalized spacial score (nSPS) is 38.7. The van der Waals surface area contributed by atoms with E-state index in [0.717, 1.165) is 23.3 Å². The summed E-state index contributed by atoms with van der Waals surface area (Å²) < 4.78 is 2.37. The van der Waals surface area contributed by atoms with E-state index in [9.17, 15) is 0 Å². The number of nitrogens with two attached hydrogens (primary N) is 1. The standard InChI is InChI=1S/C16H20N4/c17-15-19-13-9-18-2-1-14(13)20(15)16-6-10-3-11(7-16)5-12(4-10)8-16/h1-2,9-12H,3-8H2,(H2,17,19). The molecule has 4 aliphatic carbocycles. The maximum absolute atomic E-state index is 6.30. The third kappa shape index (κ3) is 1.32. The van der Waals surface area contributed by atoms with Gasteiger partial charge in [-0.2, -0.15) is 0 Å². The highest BCUT2D eigenvalue weighted by molar-refractivity contribution is 5.77. The highest BCUT2D eigenvalue weighted by atomic mass is 15.2. The summed E-state index contributed by atoms with van der Waals surface area (Å²) >= 11 is 0. The number of pyridine rings is 1. The van der Waals surface area contributed by atoms with Crippen LogP contribution < -0.4 is 5.73 Å². The summed E-state index contributed by atoms with van der Waals surface area (Å²) in [5.41, 5.74) is 8.67. The van der Waals surface area contributed by atoms with Crippen molar-refractivity contribution in [3.63, 3.8) is 0 Å². The second-order valence-corrected chi connectivity index (χ2v) is 7.31. The Hall–Kier alpha value is -1.58. The third-order valence-electron chi connectivity index (χ3n) is 5.96. The van der Waals surface area contributed by atoms with E-state index in [-0.39, 0.29) is 5.54 Å². The summed E-state index contributed by atoms with van der Waals surface area (Å²) in [6.07, 6.45) is 12.0. The van der Waals surface area contributed by atoms with Crippen molar-refractivity contribution in [3.05, 3.63) is 18.5 Å². The van der Waals surface area contributed by atoms with Crippen molar-refractivity contribution in [1.82, 2.24) is 14.5 Å². The predicted molar refractivity (Wildman–Crippen MR) is 78.1 cm³/mol. The van der Waals surface area contributed by atoms with Crippen LogP contribution in [0.25, 0.3) is 11.0 Å². The molecular weight excluding hydrogens is 248 g/mol. The molecule has 104 valence electrons. The topological polar surface area (TPSA) is 56.7 Å². The molecule has 2 aromatic heterocycles. The number of rotatable bonds is 1. The van der Waals surface area contributed by atoms with E-state index in [1.54, 1.807) is 0 Å². The van der Waals surface area contributed by atoms with E-state index in [2.05, 4.69) is 20.6 Å². The molecule has 4 saturated carbocycles. The van der Waals surface area contributed by atoms with E-state index in [0.29, 0.717) is 5.95 Å². The Bertz CT molecular complexity index is 652. The lowest BCUT2D eigenvalue weighted by Gasteiger charge is -2.57. The van der Waals surface area contributed by atoms with Gasteiger partial charge in [0.2, 0.25) is 5.95 Å². The highest BCUT2D eigenvalue weighted by Gasteiger charge is 2.52. The summed E-state index contributed by atoms with van der Waals surface area (Å²) in [4.78, 5) is 8.73. The van der Waals surface area contributed by atoms with Crippen LogP contribution in [0.3, 0.4) is 0 Å². The van der Waals surface area contributed by atoms with Crippen molar-refractivity contribution in [2.24, 2.45) is 17.8 Å². The minimum atomic E-state index is 0.245. The van der Waals surface area contributed by atoms with Crippen LogP contribution in [0, 0.1) is 17.8 Å². The van der Waals surface area contributed by atoms with Crippen molar-refractivity contribution in [2.75, 3.05) is 5.73 Å². The molecule has 2 heterocycles. The Labute approximate surface area is 118 Å². The molecule has 4 aliphatic rings. The lowest BCUT2D eigenvalue weighted by molar-refractivity contribution is -0.0398. The summed E-state index contributed by atoms with van der Waals surface area (Å²) in [7, 11) is 0. The van der Waals surface area contributed by atoms with E-state index in [4.69, 9.17) is 5.73 Å². The average Bonchev–Trinajstić information content (AvgIpc) is 2.73. The van der Waals surface area contributed by atoms with Gasteiger partial charge >= 0.3 is 0 Å². The smallest absolute Gasteiger partial charge is 0.201 e. The van der Waals surface area contributed by atoms with Crippen molar-refractivity contribution in [3.8, 4) is 0 Å². The summed E-state index contributed by atoms with van der Waals surface area (Å²) in [5, 5.41) is 0. The minimum absolute atomic E-state index is 0.245. The van der Waals surface area contributed by atoms with Crippen LogP contribution in [0.4, 0.5) is 5.95 Å². The van der Waals surface area contributed by atoms with Gasteiger partial charge in [-0.05, 0) is 62.3 Å². The van der Waals surface area contributed by atoms with Gasteiger partial charge in [-0.15, -0.1) is 0 Å². The lowest BCUT2D eigenvalue weighted by Crippen LogP contribution is -2.52. The first-order valence-electron chi connectivity index (χ1n) is 7.82. The van der Waals surface area contributed by atoms with Crippen molar-refractivity contribution < 1.29 is 0 Å². The Morgan fingerprint density at radius 3 is 2.40 bits per heavy atom. The Kier molecular flexibility index (Phi) is 1.97. The molecule has 0 radical (unpaired) electrons. The SMILES string of the molecule is Nc1nc2cnccc2n1C12CC3CC(CC(C3)C1)C2. The van der Waals surface area contributed by atoms with Crippen molar-refractivity contribution in [2.45, 2.75) is 44.1 Å². The van der Waals surface area contributed by atoms with E-state index in [1.807, 2.05) is 12.4 Å². The number of anilines is 1. The predicted octanol–water partition coefficient (Wildman–Crippen LogP) is 2.94. The molecule has 0 atom stereocenters. The second-order valence-electron chi connectivity index (χ2n) is 7.31. The molecule has 0 amide bonds. The van der Waals surface area contributed by atoms with Crippen LogP contribution in [-0.2, 0) is 5.54 Å². The van der Waals surface area contributed by atoms with Crippen LogP contribution in [0.2, 0.25) is 0 Å². The van der Waals surface area contributed by atoms with Gasteiger partial charge in [0.15, 0.2) is 0 Å². The molecule has 4 bridgehead atoms. The first kappa shape index (κ1) is 11.1. The van der Waals surface area contributed by atoms with Crippen molar-refractivity contribution >= 4 is 17.0 Å². The van der Waals surface area contributed by atoms with Crippen LogP contribution in [0.5, 0.6) is 0 Å². The van der Waals surface area contributed by atoms with Crippen LogP contribution in [-0.4, -0.2) is 14.5 Å². The fraction of sp³-hybridized carbons (Fsp3) is 0.625. The maximum atomic E-state index is 6.30. The fourth-order valence-electron chi connectivity index (χ4n) is 5.79. The van der Waals surface area contributed by atoms with Crippen molar-refractivity contribution in [1.29, 1.82) is 0 Å². The van der Waals surface area contributed by atoms with Gasteiger partial charge in [0.1, 0.15) is 5.52 Å². The number of fused-ring (bicyclic) bond motifs is 1. The van der Waals surface area contributed by atoms with Crippen LogP contribution >= 0.6 is 0 Å². The van der Waals surface area contributed by atoms with Gasteiger partial charge < -0.3 is 10.3 Å². The molecule has 4 heteroatoms. The Morgan fingerprint density at radius 1 is 1.10 bits per heavy atom. The first-order chi connectivity index (χ1) is 9.73. The third-order valence-corrected chi connectivity index (χ3v) is 5.96. The van der Waals surface area contributed by atoms with Gasteiger partial charge in [0.25, 0.3) is 0 Å². The number of nitrogens with zero attached hydrogens (tertiary/aromatic N) is 3. The fourth-order valence-corrected chi connectivity index (χ4v) is 5.79. The number of imidazole rings is 1. The molecule has 0 spiro atoms. The van der Waals surface area contributed by atoms with Crippen LogP contribution in [0.1, 0.15) is 38.5 Å². The average molecular weight is 268 g/mol. The first-order valence-corrected chi connectivity index (χ1v) is 7.82. The molecule has 0 unspecified atom stereocenters. The van der Waals surface area contributed by atoms with Gasteiger partial charge in [-0.1, -0.05) is 0 Å². The number of hydrogen-bond acceptors (Lipinski definition) is 3. The lowest BCUT2D eigenvalue weighted by atomic mass is 9.53. The maximum Gasteiger partial charge on any atom is 0.201 e. The second kappa shape index (κ2) is 3.54. The molecule has 6 rings (SSSR count). The molecule has 2 aromatic rings. The summed E-state index contributed by atoms with van der Waals surface area (Å²) in [6, 6.07) is 2.08. The number of aromatic nitrogens is 3. The van der Waals surface area contributed by atoms with Gasteiger partial charge in [-0.25, -0.2) is 4.98 Å². The van der Waals surface area contributed by atoms with E-state index < -0.39 is 0 Å². The quantitative estimate of drug-likeness (QED) is 0.865. The molecule has 4 fully saturated rings. The Morgan fingerprint density at radius 2 is 1.75 bits per heavy atom. The summed E-state index contributed by atoms with van der Waals surface area (Å²) in [5.74, 6) is 3.44. The molecule has 0 saturated heterocycles. The zero-order valence-electron chi connectivity index (χ0n) is 11.6.